The van der Waals surface area contributed by atoms with Crippen molar-refractivity contribution >= 4 is 0 Å². The van der Waals surface area contributed by atoms with Crippen molar-refractivity contribution in [3.8, 4) is 0 Å². The van der Waals surface area contributed by atoms with Crippen molar-refractivity contribution < 1.29 is 17.7 Å². The van der Waals surface area contributed by atoms with E-state index in [1.54, 1.807) is 0 Å². The van der Waals surface area contributed by atoms with E-state index in [-0.39, 0.29) is 0 Å². The van der Waals surface area contributed by atoms with Gasteiger partial charge in [-0.05, 0) is 0 Å². The van der Waals surface area contributed by atoms with Crippen molar-refractivity contribution in [2.75, 3.05) is 0 Å². The van der Waals surface area contributed by atoms with E-state index in [1.807, 2.05) is 0 Å². The maximum absolute atomic E-state index is 11.0. The highest BCUT2D eigenvalue weighted by Crippen LogP contribution is 2.42. The Hall–Kier alpha value is -0.360. The smallest absolute Gasteiger partial charge is 0.164 e. The fraction of sp³-hybridized carbons (Fsp3) is 1.00. The zero-order chi connectivity index (χ0) is 5.65. The number of nitrogens with zero attached hydrogens (tertiary/aromatic N) is 2. The Morgan fingerprint density at radius 3 is 1.14 bits per heavy atom. The summed E-state index contributed by atoms with van der Waals surface area (Å²) in [5.74, 6) is 0. The lowest BCUT2D eigenvalue weighted by Gasteiger charge is -1.74. The average molecular weight is 116 g/mol. The third kappa shape index (κ3) is 0.402. The Bertz CT molecular complexity index is 81.7. The molecule has 6 heteroatoms. The van der Waals surface area contributed by atoms with Crippen molar-refractivity contribution in [1.82, 2.24) is 10.5 Å². The zero-order valence-corrected chi connectivity index (χ0v) is 2.91. The molecule has 1 heterocycles. The molecular formula is CF4N2. The van der Waals surface area contributed by atoms with Crippen molar-refractivity contribution in [2.45, 2.75) is 6.17 Å². The molecule has 0 aliphatic carbocycles. The van der Waals surface area contributed by atoms with Gasteiger partial charge >= 0.3 is 6.17 Å². The molecule has 0 saturated carbocycles. The van der Waals surface area contributed by atoms with E-state index in [2.05, 4.69) is 0 Å². The van der Waals surface area contributed by atoms with E-state index in [4.69, 9.17) is 0 Å². The molecule has 2 nitrogen and oxygen atoms in total. The van der Waals surface area contributed by atoms with Crippen LogP contribution in [0.2, 0.25) is 0 Å². The van der Waals surface area contributed by atoms with Crippen molar-refractivity contribution in [2.24, 2.45) is 0 Å². The van der Waals surface area contributed by atoms with Gasteiger partial charge in [0.25, 0.3) is 0 Å². The van der Waals surface area contributed by atoms with Crippen molar-refractivity contribution in [3.63, 3.8) is 0 Å². The van der Waals surface area contributed by atoms with Crippen LogP contribution in [0.1, 0.15) is 0 Å². The predicted molar refractivity (Wildman–Crippen MR) is 10.8 cm³/mol. The van der Waals surface area contributed by atoms with Crippen LogP contribution < -0.4 is 0 Å². The normalized spacial score (nSPS) is 46.3. The number of halogens is 4. The van der Waals surface area contributed by atoms with Gasteiger partial charge in [0.05, 0.1) is 0 Å². The number of hydrogen-bond acceptors (Lipinski definition) is 2. The van der Waals surface area contributed by atoms with E-state index in [1.165, 1.54) is 0 Å². The number of alkyl halides is 2. The Morgan fingerprint density at radius 2 is 1.14 bits per heavy atom. The molecule has 1 aliphatic heterocycles. The maximum Gasteiger partial charge on any atom is 0.452 e. The first-order valence-electron chi connectivity index (χ1n) is 1.36. The van der Waals surface area contributed by atoms with E-state index in [9.17, 15) is 17.7 Å². The minimum atomic E-state index is -4.00. The second-order valence-corrected chi connectivity index (χ2v) is 1.03. The van der Waals surface area contributed by atoms with Gasteiger partial charge in [-0.3, -0.25) is 0 Å². The SMILES string of the molecule is FN1N(F)C1(F)F. The summed E-state index contributed by atoms with van der Waals surface area (Å²) in [5, 5.41) is -2.62. The molecule has 0 aromatic carbocycles. The van der Waals surface area contributed by atoms with Gasteiger partial charge in [-0.15, -0.1) is 8.96 Å². The molecule has 1 fully saturated rings. The van der Waals surface area contributed by atoms with Crippen LogP contribution in [-0.4, -0.2) is 16.6 Å². The molecule has 0 radical (unpaired) electrons. The van der Waals surface area contributed by atoms with Crippen LogP contribution >= 0.6 is 0 Å². The molecule has 0 amide bonds. The fourth-order valence-electron chi connectivity index (χ4n) is 0.143. The summed E-state index contributed by atoms with van der Waals surface area (Å²) in [5.41, 5.74) is 0. The van der Waals surface area contributed by atoms with Gasteiger partial charge in [-0.2, -0.15) is 8.78 Å². The van der Waals surface area contributed by atoms with Gasteiger partial charge in [-0.1, -0.05) is 0 Å². The molecule has 2 unspecified atom stereocenters. The Kier molecular flexibility index (Phi) is 0.613. The van der Waals surface area contributed by atoms with Crippen LogP contribution in [0.3, 0.4) is 0 Å². The Morgan fingerprint density at radius 1 is 1.00 bits per heavy atom. The van der Waals surface area contributed by atoms with Gasteiger partial charge in [-0.25, -0.2) is 0 Å². The molecular weight excluding hydrogens is 116 g/mol. The molecule has 0 N–H and O–H groups in total. The largest absolute Gasteiger partial charge is 0.452 e. The highest BCUT2D eigenvalue weighted by molar-refractivity contribution is 4.63. The van der Waals surface area contributed by atoms with Crippen molar-refractivity contribution in [1.29, 1.82) is 0 Å². The lowest BCUT2D eigenvalue weighted by molar-refractivity contribution is -0.0349. The quantitative estimate of drug-likeness (QED) is 0.200. The highest BCUT2D eigenvalue weighted by atomic mass is 19.3. The zero-order valence-electron chi connectivity index (χ0n) is 2.91. The van der Waals surface area contributed by atoms with E-state index in [0.29, 0.717) is 0 Å². The summed E-state index contributed by atoms with van der Waals surface area (Å²) in [6.45, 7) is 0. The van der Waals surface area contributed by atoms with E-state index in [0.717, 1.165) is 0 Å². The monoisotopic (exact) mass is 116 g/mol. The van der Waals surface area contributed by atoms with Gasteiger partial charge in [0.15, 0.2) is 0 Å². The molecule has 1 saturated heterocycles. The molecule has 7 heavy (non-hydrogen) atoms. The molecule has 0 bridgehead atoms. The second-order valence-electron chi connectivity index (χ2n) is 1.03. The van der Waals surface area contributed by atoms with Crippen LogP contribution in [-0.2, 0) is 0 Å². The van der Waals surface area contributed by atoms with Gasteiger partial charge in [0.1, 0.15) is 0 Å². The predicted octanol–water partition coefficient (Wildman–Crippen LogP) is 0.838. The maximum atomic E-state index is 11.0. The number of hydrogen-bond donors (Lipinski definition) is 0. The third-order valence-corrected chi connectivity index (χ3v) is 0.559. The molecule has 0 spiro atoms. The molecule has 1 aliphatic rings. The highest BCUT2D eigenvalue weighted by Gasteiger charge is 2.70. The number of rotatable bonds is 0. The van der Waals surface area contributed by atoms with E-state index >= 15 is 0 Å². The van der Waals surface area contributed by atoms with Crippen LogP contribution in [0.15, 0.2) is 0 Å². The summed E-state index contributed by atoms with van der Waals surface area (Å²) < 4.78 is 43.9. The standard InChI is InChI=1S/CF4N2/c2-1(3)6(4)7(1)5. The first kappa shape index (κ1) is 4.79. The van der Waals surface area contributed by atoms with E-state index < -0.39 is 16.6 Å². The topological polar surface area (TPSA) is 6.02 Å². The minimum absolute atomic E-state index is 1.31. The molecule has 2 atom stereocenters. The first-order valence-corrected chi connectivity index (χ1v) is 1.36. The first-order chi connectivity index (χ1) is 3.07. The fourth-order valence-corrected chi connectivity index (χ4v) is 0.143. The molecule has 0 aromatic heterocycles. The van der Waals surface area contributed by atoms with Gasteiger partial charge in [0.2, 0.25) is 0 Å². The molecule has 1 rings (SSSR count). The lowest BCUT2D eigenvalue weighted by atomic mass is 11.2. The Labute approximate surface area is 35.8 Å². The van der Waals surface area contributed by atoms with Crippen LogP contribution in [0.4, 0.5) is 17.7 Å². The van der Waals surface area contributed by atoms with Crippen molar-refractivity contribution in [3.05, 3.63) is 0 Å². The summed E-state index contributed by atoms with van der Waals surface area (Å²) in [4.78, 5) is 0. The lowest BCUT2D eigenvalue weighted by Crippen LogP contribution is -1.95. The van der Waals surface area contributed by atoms with Gasteiger partial charge < -0.3 is 0 Å². The van der Waals surface area contributed by atoms with Gasteiger partial charge in [0, 0.05) is 10.5 Å². The summed E-state index contributed by atoms with van der Waals surface area (Å²) in [6, 6.07) is 0. The average Bonchev–Trinajstić information content (AvgIpc) is 1.91. The summed E-state index contributed by atoms with van der Waals surface area (Å²) >= 11 is 0. The molecule has 42 valence electrons. The number of hydrazine groups is 1. The van der Waals surface area contributed by atoms with Crippen LogP contribution in [0, 0.1) is 0 Å². The Balaban J connectivity index is 2.52. The second kappa shape index (κ2) is 0.896. The van der Waals surface area contributed by atoms with Crippen LogP contribution in [0.5, 0.6) is 0 Å². The molecule has 0 aromatic rings. The summed E-state index contributed by atoms with van der Waals surface area (Å²) in [6.07, 6.45) is -4.00. The summed E-state index contributed by atoms with van der Waals surface area (Å²) in [7, 11) is 0. The third-order valence-electron chi connectivity index (χ3n) is 0.559. The van der Waals surface area contributed by atoms with Crippen LogP contribution in [0.25, 0.3) is 0 Å². The minimum Gasteiger partial charge on any atom is -0.164 e.